The topological polar surface area (TPSA) is 81.6 Å². The van der Waals surface area contributed by atoms with Crippen LogP contribution in [-0.2, 0) is 0 Å². The van der Waals surface area contributed by atoms with Crippen molar-refractivity contribution in [3.8, 4) is 11.8 Å². The molecule has 1 N–H and O–H groups in total. The zero-order valence-corrected chi connectivity index (χ0v) is 7.61. The molecule has 0 spiro atoms. The molecule has 0 aromatic carbocycles. The second-order valence-corrected chi connectivity index (χ2v) is 2.55. The molecule has 0 unspecified atom stereocenters. The molecule has 0 saturated carbocycles. The van der Waals surface area contributed by atoms with Crippen LogP contribution in [0, 0.1) is 18.8 Å². The SMILES string of the molecule is Cc1[nH]c(=O)ccc1C#CCN=[N+]=[N-]. The molecule has 0 atom stereocenters. The van der Waals surface area contributed by atoms with Crippen molar-refractivity contribution in [3.63, 3.8) is 0 Å². The molecule has 0 aliphatic heterocycles. The number of aromatic nitrogens is 1. The van der Waals surface area contributed by atoms with Gasteiger partial charge in [0.25, 0.3) is 0 Å². The molecule has 0 saturated heterocycles. The lowest BCUT2D eigenvalue weighted by Crippen LogP contribution is -2.05. The molecule has 1 heterocycles. The Kier molecular flexibility index (Phi) is 3.36. The minimum atomic E-state index is -0.150. The summed E-state index contributed by atoms with van der Waals surface area (Å²) in [6, 6.07) is 3.04. The van der Waals surface area contributed by atoms with Crippen molar-refractivity contribution in [3.05, 3.63) is 44.2 Å². The average Bonchev–Trinajstić information content (AvgIpc) is 2.15. The Balaban J connectivity index is 2.90. The van der Waals surface area contributed by atoms with E-state index in [2.05, 4.69) is 26.9 Å². The van der Waals surface area contributed by atoms with Crippen LogP contribution >= 0.6 is 0 Å². The van der Waals surface area contributed by atoms with Gasteiger partial charge in [-0.25, -0.2) is 0 Å². The molecule has 0 radical (unpaired) electrons. The quantitative estimate of drug-likeness (QED) is 0.307. The predicted molar refractivity (Wildman–Crippen MR) is 52.7 cm³/mol. The molecule has 14 heavy (non-hydrogen) atoms. The first-order chi connectivity index (χ1) is 6.74. The second kappa shape index (κ2) is 4.75. The highest BCUT2D eigenvalue weighted by Crippen LogP contribution is 1.97. The van der Waals surface area contributed by atoms with Gasteiger partial charge in [-0.3, -0.25) is 4.79 Å². The van der Waals surface area contributed by atoms with Gasteiger partial charge in [-0.15, -0.1) is 0 Å². The van der Waals surface area contributed by atoms with Crippen LogP contribution in [0.25, 0.3) is 10.4 Å². The maximum absolute atomic E-state index is 10.8. The molecule has 70 valence electrons. The van der Waals surface area contributed by atoms with Gasteiger partial charge in [0, 0.05) is 22.2 Å². The molecular formula is C9H8N4O. The van der Waals surface area contributed by atoms with E-state index in [-0.39, 0.29) is 12.1 Å². The summed E-state index contributed by atoms with van der Waals surface area (Å²) >= 11 is 0. The molecular weight excluding hydrogens is 180 g/mol. The van der Waals surface area contributed by atoms with E-state index in [0.717, 1.165) is 5.56 Å². The number of azide groups is 1. The lowest BCUT2D eigenvalue weighted by molar-refractivity contribution is 1.13. The van der Waals surface area contributed by atoms with Crippen molar-refractivity contribution >= 4 is 0 Å². The Hall–Kier alpha value is -2.18. The molecule has 0 aliphatic carbocycles. The zero-order valence-electron chi connectivity index (χ0n) is 7.61. The molecule has 0 bridgehead atoms. The van der Waals surface area contributed by atoms with E-state index in [0.29, 0.717) is 5.69 Å². The number of H-pyrrole nitrogens is 1. The number of aromatic amines is 1. The van der Waals surface area contributed by atoms with Crippen LogP contribution in [0.4, 0.5) is 0 Å². The normalized spacial score (nSPS) is 8.36. The minimum absolute atomic E-state index is 0.134. The molecule has 1 aromatic rings. The number of nitrogens with one attached hydrogen (secondary N) is 1. The van der Waals surface area contributed by atoms with Crippen LogP contribution in [-0.4, -0.2) is 11.5 Å². The summed E-state index contributed by atoms with van der Waals surface area (Å²) < 4.78 is 0. The highest BCUT2D eigenvalue weighted by molar-refractivity contribution is 5.36. The summed E-state index contributed by atoms with van der Waals surface area (Å²) in [5, 5.41) is 3.27. The summed E-state index contributed by atoms with van der Waals surface area (Å²) in [5.41, 5.74) is 9.30. The first kappa shape index (κ1) is 9.90. The van der Waals surface area contributed by atoms with Gasteiger partial charge in [-0.2, -0.15) is 0 Å². The van der Waals surface area contributed by atoms with E-state index < -0.39 is 0 Å². The average molecular weight is 188 g/mol. The van der Waals surface area contributed by atoms with Crippen molar-refractivity contribution in [2.24, 2.45) is 5.11 Å². The molecule has 0 aliphatic rings. The van der Waals surface area contributed by atoms with E-state index >= 15 is 0 Å². The van der Waals surface area contributed by atoms with Crippen molar-refractivity contribution in [1.29, 1.82) is 0 Å². The zero-order chi connectivity index (χ0) is 10.4. The molecule has 0 amide bonds. The van der Waals surface area contributed by atoms with Crippen molar-refractivity contribution in [2.45, 2.75) is 6.92 Å². The van der Waals surface area contributed by atoms with Crippen LogP contribution in [0.15, 0.2) is 22.0 Å². The Morgan fingerprint density at radius 2 is 2.43 bits per heavy atom. The van der Waals surface area contributed by atoms with Crippen LogP contribution in [0.3, 0.4) is 0 Å². The maximum Gasteiger partial charge on any atom is 0.248 e. The monoisotopic (exact) mass is 188 g/mol. The Bertz CT molecular complexity index is 486. The highest BCUT2D eigenvalue weighted by atomic mass is 16.1. The molecule has 1 aromatic heterocycles. The Morgan fingerprint density at radius 3 is 3.07 bits per heavy atom. The van der Waals surface area contributed by atoms with Gasteiger partial charge in [-0.1, -0.05) is 17.0 Å². The van der Waals surface area contributed by atoms with Gasteiger partial charge in [0.2, 0.25) is 5.56 Å². The van der Waals surface area contributed by atoms with Crippen molar-refractivity contribution in [1.82, 2.24) is 4.98 Å². The van der Waals surface area contributed by atoms with Gasteiger partial charge in [0.1, 0.15) is 0 Å². The number of rotatable bonds is 1. The maximum atomic E-state index is 10.8. The van der Waals surface area contributed by atoms with Gasteiger partial charge in [0.05, 0.1) is 6.54 Å². The van der Waals surface area contributed by atoms with Crippen LogP contribution in [0.1, 0.15) is 11.3 Å². The van der Waals surface area contributed by atoms with E-state index in [1.807, 2.05) is 0 Å². The second-order valence-electron chi connectivity index (χ2n) is 2.55. The minimum Gasteiger partial charge on any atom is -0.325 e. The lowest BCUT2D eigenvalue weighted by atomic mass is 10.2. The molecule has 5 heteroatoms. The standard InChI is InChI=1S/C9H8N4O/c1-7-8(3-2-6-11-13-10)4-5-9(14)12-7/h4-5H,6H2,1H3,(H,12,14). The molecule has 5 nitrogen and oxygen atoms in total. The smallest absolute Gasteiger partial charge is 0.248 e. The predicted octanol–water partition coefficient (Wildman–Crippen LogP) is 1.35. The van der Waals surface area contributed by atoms with E-state index in [9.17, 15) is 4.79 Å². The van der Waals surface area contributed by atoms with E-state index in [1.54, 1.807) is 13.0 Å². The number of pyridine rings is 1. The summed E-state index contributed by atoms with van der Waals surface area (Å²) in [7, 11) is 0. The first-order valence-electron chi connectivity index (χ1n) is 3.93. The third kappa shape index (κ3) is 2.70. The third-order valence-electron chi connectivity index (χ3n) is 1.55. The fourth-order valence-electron chi connectivity index (χ4n) is 0.915. The van der Waals surface area contributed by atoms with Crippen LogP contribution in [0.5, 0.6) is 0 Å². The molecule has 0 fully saturated rings. The van der Waals surface area contributed by atoms with E-state index in [4.69, 9.17) is 5.53 Å². The van der Waals surface area contributed by atoms with Crippen LogP contribution in [0.2, 0.25) is 0 Å². The fraction of sp³-hybridized carbons (Fsp3) is 0.222. The summed E-state index contributed by atoms with van der Waals surface area (Å²) in [6.07, 6.45) is 0. The van der Waals surface area contributed by atoms with E-state index in [1.165, 1.54) is 6.07 Å². The summed E-state index contributed by atoms with van der Waals surface area (Å²) in [5.74, 6) is 5.46. The highest BCUT2D eigenvalue weighted by Gasteiger charge is 1.92. The van der Waals surface area contributed by atoms with Crippen LogP contribution < -0.4 is 5.56 Å². The third-order valence-corrected chi connectivity index (χ3v) is 1.55. The number of nitrogens with zero attached hydrogens (tertiary/aromatic N) is 3. The number of hydrogen-bond donors (Lipinski definition) is 1. The number of aryl methyl sites for hydroxylation is 1. The molecule has 1 rings (SSSR count). The Labute approximate surface area is 80.4 Å². The van der Waals surface area contributed by atoms with Gasteiger partial charge in [-0.05, 0) is 18.5 Å². The van der Waals surface area contributed by atoms with Crippen molar-refractivity contribution < 1.29 is 0 Å². The largest absolute Gasteiger partial charge is 0.325 e. The first-order valence-corrected chi connectivity index (χ1v) is 3.93. The lowest BCUT2D eigenvalue weighted by Gasteiger charge is -1.94. The van der Waals surface area contributed by atoms with Gasteiger partial charge < -0.3 is 4.98 Å². The van der Waals surface area contributed by atoms with Gasteiger partial charge in [0.15, 0.2) is 0 Å². The summed E-state index contributed by atoms with van der Waals surface area (Å²) in [4.78, 5) is 16.0. The summed E-state index contributed by atoms with van der Waals surface area (Å²) in [6.45, 7) is 1.90. The van der Waals surface area contributed by atoms with Gasteiger partial charge >= 0.3 is 0 Å². The number of hydrogen-bond acceptors (Lipinski definition) is 2. The fourth-order valence-corrected chi connectivity index (χ4v) is 0.915. The Morgan fingerprint density at radius 1 is 1.64 bits per heavy atom. The van der Waals surface area contributed by atoms with Crippen molar-refractivity contribution in [2.75, 3.05) is 6.54 Å².